The summed E-state index contributed by atoms with van der Waals surface area (Å²) in [6, 6.07) is 19.2. The van der Waals surface area contributed by atoms with E-state index in [0.717, 1.165) is 60.2 Å². The predicted molar refractivity (Wildman–Crippen MR) is 163 cm³/mol. The summed E-state index contributed by atoms with van der Waals surface area (Å²) in [5.74, 6) is -1.94. The Labute approximate surface area is 249 Å². The van der Waals surface area contributed by atoms with Gasteiger partial charge in [0.1, 0.15) is 12.3 Å². The number of amides is 1. The highest BCUT2D eigenvalue weighted by Gasteiger charge is 2.26. The minimum atomic E-state index is -4.17. The van der Waals surface area contributed by atoms with E-state index in [-0.39, 0.29) is 11.2 Å². The van der Waals surface area contributed by atoms with Crippen molar-refractivity contribution in [1.82, 2.24) is 35.8 Å². The van der Waals surface area contributed by atoms with E-state index in [4.69, 9.17) is 0 Å². The number of aromatic nitrogens is 2. The van der Waals surface area contributed by atoms with Crippen molar-refractivity contribution in [3.63, 3.8) is 0 Å². The van der Waals surface area contributed by atoms with Crippen LogP contribution in [0.2, 0.25) is 0 Å². The zero-order chi connectivity index (χ0) is 30.4. The van der Waals surface area contributed by atoms with Crippen molar-refractivity contribution in [2.75, 3.05) is 26.2 Å². The molecule has 226 valence electrons. The third kappa shape index (κ3) is 7.45. The van der Waals surface area contributed by atoms with Gasteiger partial charge in [0.05, 0.1) is 16.1 Å². The van der Waals surface area contributed by atoms with Gasteiger partial charge in [-0.15, -0.1) is 0 Å². The van der Waals surface area contributed by atoms with Gasteiger partial charge in [-0.25, -0.2) is 8.42 Å². The van der Waals surface area contributed by atoms with Crippen LogP contribution in [0.3, 0.4) is 0 Å². The summed E-state index contributed by atoms with van der Waals surface area (Å²) in [4.78, 5) is 24.8. The Morgan fingerprint density at radius 1 is 1.02 bits per heavy atom. The number of sulfonamides is 1. The summed E-state index contributed by atoms with van der Waals surface area (Å²) in [5.41, 5.74) is 3.75. The van der Waals surface area contributed by atoms with Crippen LogP contribution in [0.1, 0.15) is 22.5 Å². The van der Waals surface area contributed by atoms with Crippen molar-refractivity contribution in [2.24, 2.45) is 7.05 Å². The highest BCUT2D eigenvalue weighted by molar-refractivity contribution is 7.89. The summed E-state index contributed by atoms with van der Waals surface area (Å²) in [6.07, 6.45) is 1.78. The normalized spacial score (nSPS) is 14.6. The first kappa shape index (κ1) is 30.3. The van der Waals surface area contributed by atoms with Crippen LogP contribution in [0.5, 0.6) is 0 Å². The topological polar surface area (TPSA) is 166 Å². The molecule has 0 bridgehead atoms. The molecule has 0 spiro atoms. The smallest absolute Gasteiger partial charge is 0.323 e. The minimum absolute atomic E-state index is 0.0788. The van der Waals surface area contributed by atoms with Gasteiger partial charge in [0.25, 0.3) is 5.91 Å². The van der Waals surface area contributed by atoms with E-state index in [2.05, 4.69) is 31.1 Å². The molecule has 3 aromatic carbocycles. The van der Waals surface area contributed by atoms with Crippen LogP contribution in [0.4, 0.5) is 0 Å². The summed E-state index contributed by atoms with van der Waals surface area (Å²) < 4.78 is 29.8. The molecule has 1 saturated heterocycles. The van der Waals surface area contributed by atoms with E-state index in [0.29, 0.717) is 5.56 Å². The highest BCUT2D eigenvalue weighted by atomic mass is 32.2. The maximum absolute atomic E-state index is 12.9. The lowest BCUT2D eigenvalue weighted by molar-refractivity contribution is -0.138. The number of hydrogen-bond donors (Lipinski definition) is 6. The lowest BCUT2D eigenvalue weighted by Crippen LogP contribution is -2.48. The molecule has 6 N–H and O–H groups in total. The number of rotatable bonds is 13. The molecule has 2 heterocycles. The van der Waals surface area contributed by atoms with Gasteiger partial charge in [-0.2, -0.15) is 9.82 Å². The van der Waals surface area contributed by atoms with Gasteiger partial charge in [0.15, 0.2) is 0 Å². The number of fused-ring (bicyclic) bond motifs is 1. The average molecular weight is 606 g/mol. The third-order valence-corrected chi connectivity index (χ3v) is 8.77. The molecule has 12 nitrogen and oxygen atoms in total. The van der Waals surface area contributed by atoms with Gasteiger partial charge in [-0.1, -0.05) is 48.5 Å². The lowest BCUT2D eigenvalue weighted by Gasteiger charge is -2.16. The molecule has 4 aromatic rings. The molecule has 1 aliphatic heterocycles. The van der Waals surface area contributed by atoms with E-state index in [1.165, 1.54) is 12.1 Å². The SMILES string of the molecule is Cn1nc(CCCNC2NCCN2)c2ccc(C(=O)NCC(NS(=O)(=O)c3ccc(-c4ccccc4)cc3)C(=O)O)cc21. The van der Waals surface area contributed by atoms with Crippen molar-refractivity contribution in [2.45, 2.75) is 30.1 Å². The quantitative estimate of drug-likeness (QED) is 0.124. The van der Waals surface area contributed by atoms with Gasteiger partial charge >= 0.3 is 5.97 Å². The fourth-order valence-electron chi connectivity index (χ4n) is 5.00. The van der Waals surface area contributed by atoms with Crippen molar-refractivity contribution >= 4 is 32.8 Å². The lowest BCUT2D eigenvalue weighted by atomic mass is 10.1. The number of nitrogens with one attached hydrogen (secondary N) is 5. The van der Waals surface area contributed by atoms with Crippen LogP contribution < -0.4 is 26.0 Å². The summed E-state index contributed by atoms with van der Waals surface area (Å²) >= 11 is 0. The van der Waals surface area contributed by atoms with E-state index in [9.17, 15) is 23.1 Å². The largest absolute Gasteiger partial charge is 0.480 e. The Bertz CT molecular complexity index is 1690. The molecule has 1 amide bonds. The molecule has 1 aliphatic rings. The molecule has 1 fully saturated rings. The number of benzene rings is 3. The predicted octanol–water partition coefficient (Wildman–Crippen LogP) is 1.40. The number of carboxylic acid groups (broad SMARTS) is 1. The zero-order valence-electron chi connectivity index (χ0n) is 23.7. The summed E-state index contributed by atoms with van der Waals surface area (Å²) in [6.45, 7) is 2.25. The molecule has 1 atom stereocenters. The number of aryl methyl sites for hydroxylation is 2. The molecule has 43 heavy (non-hydrogen) atoms. The number of hydrogen-bond acceptors (Lipinski definition) is 8. The maximum atomic E-state index is 12.9. The molecule has 0 saturated carbocycles. The van der Waals surface area contributed by atoms with Gasteiger partial charge in [0, 0.05) is 37.6 Å². The van der Waals surface area contributed by atoms with Gasteiger partial charge in [-0.05, 0) is 54.8 Å². The molecule has 0 aliphatic carbocycles. The summed E-state index contributed by atoms with van der Waals surface area (Å²) in [7, 11) is -2.36. The molecular formula is C30H35N7O5S. The van der Waals surface area contributed by atoms with Crippen LogP contribution >= 0.6 is 0 Å². The van der Waals surface area contributed by atoms with E-state index >= 15 is 0 Å². The number of carbonyl (C=O) groups excluding carboxylic acids is 1. The average Bonchev–Trinajstić information content (AvgIpc) is 3.65. The Balaban J connectivity index is 1.19. The van der Waals surface area contributed by atoms with Crippen LogP contribution in [0, 0.1) is 0 Å². The molecule has 13 heteroatoms. The number of carbonyl (C=O) groups is 2. The van der Waals surface area contributed by atoms with E-state index in [1.807, 2.05) is 36.4 Å². The Morgan fingerprint density at radius 3 is 2.42 bits per heavy atom. The first-order valence-electron chi connectivity index (χ1n) is 14.1. The minimum Gasteiger partial charge on any atom is -0.480 e. The Hall–Kier alpha value is -4.14. The standard InChI is InChI=1S/C30H35N7O5S/c1-37-27-18-22(11-14-24(27)25(35-37)8-5-15-31-30-32-16-17-33-30)28(38)34-19-26(29(39)40)36-43(41,42)23-12-9-21(10-13-23)20-6-3-2-4-7-20/h2-4,6-7,9-14,18,26,30-33,36H,5,8,15-17,19H2,1H3,(H,34,38)(H,39,40). The van der Waals surface area contributed by atoms with Crippen molar-refractivity contribution in [3.8, 4) is 11.1 Å². The van der Waals surface area contributed by atoms with Crippen molar-refractivity contribution in [1.29, 1.82) is 0 Å². The Morgan fingerprint density at radius 2 is 1.72 bits per heavy atom. The number of carboxylic acids is 1. The molecule has 1 unspecified atom stereocenters. The molecule has 1 aromatic heterocycles. The van der Waals surface area contributed by atoms with Crippen LogP contribution in [0.15, 0.2) is 77.7 Å². The second-order valence-electron chi connectivity index (χ2n) is 10.3. The monoisotopic (exact) mass is 605 g/mol. The second kappa shape index (κ2) is 13.4. The number of nitrogens with zero attached hydrogens (tertiary/aromatic N) is 2. The number of aliphatic carboxylic acids is 1. The fourth-order valence-corrected chi connectivity index (χ4v) is 6.19. The van der Waals surface area contributed by atoms with E-state index in [1.54, 1.807) is 36.0 Å². The van der Waals surface area contributed by atoms with Crippen molar-refractivity contribution < 1.29 is 23.1 Å². The first-order chi connectivity index (χ1) is 20.7. The maximum Gasteiger partial charge on any atom is 0.323 e. The van der Waals surface area contributed by atoms with Crippen LogP contribution in [0.25, 0.3) is 22.0 Å². The van der Waals surface area contributed by atoms with Gasteiger partial charge < -0.3 is 10.4 Å². The molecule has 0 radical (unpaired) electrons. The van der Waals surface area contributed by atoms with Gasteiger partial charge in [0.2, 0.25) is 10.0 Å². The van der Waals surface area contributed by atoms with Crippen LogP contribution in [-0.4, -0.2) is 73.7 Å². The van der Waals surface area contributed by atoms with Gasteiger partial charge in [-0.3, -0.25) is 30.2 Å². The second-order valence-corrected chi connectivity index (χ2v) is 12.0. The molecule has 5 rings (SSSR count). The molecular weight excluding hydrogens is 570 g/mol. The third-order valence-electron chi connectivity index (χ3n) is 7.28. The van der Waals surface area contributed by atoms with Crippen LogP contribution in [-0.2, 0) is 28.3 Å². The first-order valence-corrected chi connectivity index (χ1v) is 15.5. The summed E-state index contributed by atoms with van der Waals surface area (Å²) in [5, 5.41) is 27.8. The fraction of sp³-hybridized carbons (Fsp3) is 0.300. The highest BCUT2D eigenvalue weighted by Crippen LogP contribution is 2.22. The van der Waals surface area contributed by atoms with E-state index < -0.39 is 34.5 Å². The Kier molecular flexibility index (Phi) is 9.48. The van der Waals surface area contributed by atoms with Crippen molar-refractivity contribution in [3.05, 3.63) is 84.1 Å². The zero-order valence-corrected chi connectivity index (χ0v) is 24.5.